The number of esters is 1. The molecule has 1 aliphatic rings. The SMILES string of the molecule is CCOC(=O)c1ccc(N2C[C@@H](C(=O)Nc3cccnc3)CC2=O)cc1. The van der Waals surface area contributed by atoms with Gasteiger partial charge in [-0.2, -0.15) is 0 Å². The van der Waals surface area contributed by atoms with Crippen molar-refractivity contribution < 1.29 is 19.1 Å². The number of pyridine rings is 1. The van der Waals surface area contributed by atoms with E-state index >= 15 is 0 Å². The lowest BCUT2D eigenvalue weighted by Crippen LogP contribution is -2.28. The average molecular weight is 353 g/mol. The molecule has 1 atom stereocenters. The summed E-state index contributed by atoms with van der Waals surface area (Å²) in [6.45, 7) is 2.34. The number of anilines is 2. The maximum atomic E-state index is 12.4. The minimum absolute atomic E-state index is 0.125. The maximum Gasteiger partial charge on any atom is 0.338 e. The van der Waals surface area contributed by atoms with E-state index in [4.69, 9.17) is 4.74 Å². The van der Waals surface area contributed by atoms with Crippen molar-refractivity contribution >= 4 is 29.2 Å². The van der Waals surface area contributed by atoms with E-state index in [1.165, 1.54) is 0 Å². The number of ether oxygens (including phenoxy) is 1. The van der Waals surface area contributed by atoms with Crippen molar-refractivity contribution in [3.8, 4) is 0 Å². The minimum Gasteiger partial charge on any atom is -0.462 e. The Hall–Kier alpha value is -3.22. The van der Waals surface area contributed by atoms with E-state index in [1.54, 1.807) is 60.6 Å². The summed E-state index contributed by atoms with van der Waals surface area (Å²) in [7, 11) is 0. The monoisotopic (exact) mass is 353 g/mol. The molecule has 1 N–H and O–H groups in total. The second-order valence-corrected chi connectivity index (χ2v) is 5.90. The first-order valence-electron chi connectivity index (χ1n) is 8.37. The van der Waals surface area contributed by atoms with Crippen molar-refractivity contribution in [3.05, 3.63) is 54.4 Å². The summed E-state index contributed by atoms with van der Waals surface area (Å²) in [5.74, 6) is -1.18. The molecule has 2 amide bonds. The van der Waals surface area contributed by atoms with Crippen LogP contribution in [0.2, 0.25) is 0 Å². The van der Waals surface area contributed by atoms with Crippen molar-refractivity contribution in [2.24, 2.45) is 5.92 Å². The normalized spacial score (nSPS) is 16.4. The molecule has 0 bridgehead atoms. The van der Waals surface area contributed by atoms with Gasteiger partial charge in [-0.15, -0.1) is 0 Å². The fraction of sp³-hybridized carbons (Fsp3) is 0.263. The third-order valence-electron chi connectivity index (χ3n) is 4.12. The molecule has 1 aliphatic heterocycles. The third-order valence-corrected chi connectivity index (χ3v) is 4.12. The van der Waals surface area contributed by atoms with E-state index in [0.717, 1.165) is 0 Å². The van der Waals surface area contributed by atoms with E-state index in [0.29, 0.717) is 30.1 Å². The Kier molecular flexibility index (Phi) is 5.26. The zero-order valence-electron chi connectivity index (χ0n) is 14.3. The molecule has 26 heavy (non-hydrogen) atoms. The first kappa shape index (κ1) is 17.6. The van der Waals surface area contributed by atoms with Gasteiger partial charge in [0.1, 0.15) is 0 Å². The minimum atomic E-state index is -0.438. The Morgan fingerprint density at radius 2 is 2.04 bits per heavy atom. The van der Waals surface area contributed by atoms with Crippen LogP contribution in [-0.2, 0) is 14.3 Å². The van der Waals surface area contributed by atoms with Crippen molar-refractivity contribution in [1.29, 1.82) is 0 Å². The Morgan fingerprint density at radius 1 is 1.27 bits per heavy atom. The van der Waals surface area contributed by atoms with Crippen molar-refractivity contribution in [3.63, 3.8) is 0 Å². The molecule has 1 aromatic carbocycles. The number of nitrogens with zero attached hydrogens (tertiary/aromatic N) is 2. The first-order valence-corrected chi connectivity index (χ1v) is 8.37. The Balaban J connectivity index is 1.66. The summed E-state index contributed by atoms with van der Waals surface area (Å²) in [5, 5.41) is 2.77. The van der Waals surface area contributed by atoms with Crippen molar-refractivity contribution in [1.82, 2.24) is 4.98 Å². The second-order valence-electron chi connectivity index (χ2n) is 5.90. The molecular formula is C19H19N3O4. The van der Waals surface area contributed by atoms with Crippen LogP contribution >= 0.6 is 0 Å². The number of carbonyl (C=O) groups is 3. The highest BCUT2D eigenvalue weighted by Crippen LogP contribution is 2.26. The lowest BCUT2D eigenvalue weighted by Gasteiger charge is -2.17. The van der Waals surface area contributed by atoms with Crippen LogP contribution in [0.3, 0.4) is 0 Å². The molecule has 2 heterocycles. The molecule has 7 nitrogen and oxygen atoms in total. The number of benzene rings is 1. The van der Waals surface area contributed by atoms with Crippen LogP contribution in [0.4, 0.5) is 11.4 Å². The molecule has 0 spiro atoms. The molecule has 0 saturated carbocycles. The predicted octanol–water partition coefficient (Wildman–Crippen LogP) is 2.25. The number of hydrogen-bond acceptors (Lipinski definition) is 5. The molecule has 7 heteroatoms. The predicted molar refractivity (Wildman–Crippen MR) is 95.7 cm³/mol. The number of carbonyl (C=O) groups excluding carboxylic acids is 3. The van der Waals surface area contributed by atoms with E-state index in [9.17, 15) is 14.4 Å². The van der Waals surface area contributed by atoms with E-state index in [-0.39, 0.29) is 18.2 Å². The van der Waals surface area contributed by atoms with E-state index in [1.807, 2.05) is 0 Å². The Morgan fingerprint density at radius 3 is 2.69 bits per heavy atom. The van der Waals surface area contributed by atoms with Crippen LogP contribution < -0.4 is 10.2 Å². The van der Waals surface area contributed by atoms with Gasteiger partial charge in [-0.3, -0.25) is 14.6 Å². The molecule has 3 rings (SSSR count). The van der Waals surface area contributed by atoms with Gasteiger partial charge in [-0.25, -0.2) is 4.79 Å². The average Bonchev–Trinajstić information content (AvgIpc) is 3.05. The zero-order chi connectivity index (χ0) is 18.5. The smallest absolute Gasteiger partial charge is 0.338 e. The van der Waals surface area contributed by atoms with Crippen LogP contribution in [0, 0.1) is 5.92 Å². The topological polar surface area (TPSA) is 88.6 Å². The molecule has 1 fully saturated rings. The van der Waals surface area contributed by atoms with Crippen molar-refractivity contribution in [2.45, 2.75) is 13.3 Å². The van der Waals surface area contributed by atoms with Gasteiger partial charge in [0.25, 0.3) is 0 Å². The van der Waals surface area contributed by atoms with E-state index < -0.39 is 11.9 Å². The van der Waals surface area contributed by atoms with Crippen LogP contribution in [0.25, 0.3) is 0 Å². The largest absolute Gasteiger partial charge is 0.462 e. The van der Waals surface area contributed by atoms with Gasteiger partial charge in [-0.1, -0.05) is 0 Å². The van der Waals surface area contributed by atoms with Gasteiger partial charge < -0.3 is 15.0 Å². The fourth-order valence-corrected chi connectivity index (χ4v) is 2.81. The third kappa shape index (κ3) is 3.88. The standard InChI is InChI=1S/C19H19N3O4/c1-2-26-19(25)13-5-7-16(8-6-13)22-12-14(10-17(22)23)18(24)21-15-4-3-9-20-11-15/h3-9,11,14H,2,10,12H2,1H3,(H,21,24)/t14-/m0/s1. The van der Waals surface area contributed by atoms with Crippen LogP contribution in [0.1, 0.15) is 23.7 Å². The lowest BCUT2D eigenvalue weighted by atomic mass is 10.1. The number of rotatable bonds is 5. The molecule has 0 unspecified atom stereocenters. The highest BCUT2D eigenvalue weighted by atomic mass is 16.5. The van der Waals surface area contributed by atoms with Gasteiger partial charge in [0.15, 0.2) is 0 Å². The lowest BCUT2D eigenvalue weighted by molar-refractivity contribution is -0.122. The van der Waals surface area contributed by atoms with Gasteiger partial charge in [-0.05, 0) is 43.3 Å². The molecule has 134 valence electrons. The van der Waals surface area contributed by atoms with Gasteiger partial charge in [0.2, 0.25) is 11.8 Å². The highest BCUT2D eigenvalue weighted by Gasteiger charge is 2.35. The summed E-state index contributed by atoms with van der Waals surface area (Å²) in [5.41, 5.74) is 1.68. The maximum absolute atomic E-state index is 12.4. The van der Waals surface area contributed by atoms with Crippen LogP contribution in [0.5, 0.6) is 0 Å². The van der Waals surface area contributed by atoms with Gasteiger partial charge in [0, 0.05) is 24.8 Å². The number of aromatic nitrogens is 1. The summed E-state index contributed by atoms with van der Waals surface area (Å²) >= 11 is 0. The molecule has 2 aromatic rings. The quantitative estimate of drug-likeness (QED) is 0.833. The first-order chi connectivity index (χ1) is 12.6. The molecule has 0 radical (unpaired) electrons. The molecular weight excluding hydrogens is 334 g/mol. The number of amides is 2. The second kappa shape index (κ2) is 7.77. The Bertz CT molecular complexity index is 805. The fourth-order valence-electron chi connectivity index (χ4n) is 2.81. The molecule has 1 aromatic heterocycles. The summed E-state index contributed by atoms with van der Waals surface area (Å²) in [6, 6.07) is 10.1. The summed E-state index contributed by atoms with van der Waals surface area (Å²) in [4.78, 5) is 41.9. The van der Waals surface area contributed by atoms with E-state index in [2.05, 4.69) is 10.3 Å². The number of nitrogens with one attached hydrogen (secondary N) is 1. The van der Waals surface area contributed by atoms with Crippen LogP contribution in [-0.4, -0.2) is 35.9 Å². The zero-order valence-corrected chi connectivity index (χ0v) is 14.3. The Labute approximate surface area is 151 Å². The number of hydrogen-bond donors (Lipinski definition) is 1. The molecule has 1 saturated heterocycles. The van der Waals surface area contributed by atoms with Gasteiger partial charge in [0.05, 0.1) is 30.0 Å². The highest BCUT2D eigenvalue weighted by molar-refractivity contribution is 6.03. The summed E-state index contributed by atoms with van der Waals surface area (Å²) in [6.07, 6.45) is 3.32. The van der Waals surface area contributed by atoms with Crippen molar-refractivity contribution in [2.75, 3.05) is 23.4 Å². The van der Waals surface area contributed by atoms with Gasteiger partial charge >= 0.3 is 5.97 Å². The molecule has 0 aliphatic carbocycles. The summed E-state index contributed by atoms with van der Waals surface area (Å²) < 4.78 is 4.94. The van der Waals surface area contributed by atoms with Crippen LogP contribution in [0.15, 0.2) is 48.8 Å².